The summed E-state index contributed by atoms with van der Waals surface area (Å²) in [5, 5.41) is 11.9. The van der Waals surface area contributed by atoms with Crippen molar-refractivity contribution < 1.29 is 14.7 Å². The molecule has 0 aromatic heterocycles. The van der Waals surface area contributed by atoms with Crippen LogP contribution in [0.5, 0.6) is 0 Å². The number of aliphatic carboxylic acids is 1. The molecule has 0 aromatic rings. The SMILES string of the molecule is CNC(C)(C)C(=O)C(C)CC(C)(C)C(=O)O. The second-order valence-electron chi connectivity index (χ2n) is 5.53. The fraction of sp³-hybridized carbons (Fsp3) is 0.833. The van der Waals surface area contributed by atoms with Gasteiger partial charge in [-0.05, 0) is 41.2 Å². The molecule has 0 amide bonds. The Morgan fingerprint density at radius 3 is 2.00 bits per heavy atom. The number of carbonyl (C=O) groups is 2. The maximum Gasteiger partial charge on any atom is 0.309 e. The number of carboxylic acid groups (broad SMARTS) is 1. The first-order chi connectivity index (χ1) is 7.04. The molecular formula is C12H23NO3. The fourth-order valence-corrected chi connectivity index (χ4v) is 1.68. The standard InChI is InChI=1S/C12H23NO3/c1-8(7-11(2,3)10(15)16)9(14)12(4,5)13-6/h8,13H,7H2,1-6H3,(H,15,16). The van der Waals surface area contributed by atoms with Crippen molar-refractivity contribution in [1.29, 1.82) is 0 Å². The Balaban J connectivity index is 4.66. The summed E-state index contributed by atoms with van der Waals surface area (Å²) in [5.41, 5.74) is -1.47. The number of nitrogens with one attached hydrogen (secondary N) is 1. The van der Waals surface area contributed by atoms with E-state index in [1.165, 1.54) is 0 Å². The molecule has 0 aliphatic heterocycles. The molecule has 1 unspecified atom stereocenters. The lowest BCUT2D eigenvalue weighted by molar-refractivity contribution is -0.148. The lowest BCUT2D eigenvalue weighted by Crippen LogP contribution is -2.48. The normalized spacial score (nSPS) is 14.6. The van der Waals surface area contributed by atoms with Gasteiger partial charge in [-0.2, -0.15) is 0 Å². The van der Waals surface area contributed by atoms with Crippen molar-refractivity contribution in [3.8, 4) is 0 Å². The summed E-state index contributed by atoms with van der Waals surface area (Å²) in [6.07, 6.45) is 0.353. The van der Waals surface area contributed by atoms with Gasteiger partial charge in [0.25, 0.3) is 0 Å². The summed E-state index contributed by atoms with van der Waals surface area (Å²) >= 11 is 0. The molecule has 0 rings (SSSR count). The van der Waals surface area contributed by atoms with Crippen LogP contribution >= 0.6 is 0 Å². The van der Waals surface area contributed by atoms with Gasteiger partial charge in [-0.25, -0.2) is 0 Å². The number of likely N-dealkylation sites (N-methyl/N-ethyl adjacent to an activating group) is 1. The van der Waals surface area contributed by atoms with Crippen LogP contribution in [-0.4, -0.2) is 29.4 Å². The third-order valence-electron chi connectivity index (χ3n) is 3.08. The smallest absolute Gasteiger partial charge is 0.309 e. The number of hydrogen-bond donors (Lipinski definition) is 2. The minimum Gasteiger partial charge on any atom is -0.481 e. The van der Waals surface area contributed by atoms with E-state index in [-0.39, 0.29) is 11.7 Å². The molecule has 94 valence electrons. The highest BCUT2D eigenvalue weighted by molar-refractivity contribution is 5.90. The van der Waals surface area contributed by atoms with Crippen molar-refractivity contribution in [3.05, 3.63) is 0 Å². The maximum atomic E-state index is 12.0. The van der Waals surface area contributed by atoms with Gasteiger partial charge in [0, 0.05) is 5.92 Å². The summed E-state index contributed by atoms with van der Waals surface area (Å²) in [4.78, 5) is 23.0. The van der Waals surface area contributed by atoms with Crippen molar-refractivity contribution in [2.24, 2.45) is 11.3 Å². The quantitative estimate of drug-likeness (QED) is 0.727. The second-order valence-corrected chi connectivity index (χ2v) is 5.53. The van der Waals surface area contributed by atoms with E-state index in [2.05, 4.69) is 5.32 Å². The first-order valence-corrected chi connectivity index (χ1v) is 5.51. The highest BCUT2D eigenvalue weighted by Gasteiger charge is 2.36. The number of carbonyl (C=O) groups excluding carboxylic acids is 1. The Kier molecular flexibility index (Phi) is 4.68. The topological polar surface area (TPSA) is 66.4 Å². The number of ketones is 1. The summed E-state index contributed by atoms with van der Waals surface area (Å²) in [7, 11) is 1.73. The predicted molar refractivity (Wildman–Crippen MR) is 63.3 cm³/mol. The number of rotatable bonds is 6. The van der Waals surface area contributed by atoms with Crippen molar-refractivity contribution in [3.63, 3.8) is 0 Å². The Bertz CT molecular complexity index is 282. The monoisotopic (exact) mass is 229 g/mol. The maximum absolute atomic E-state index is 12.0. The molecular weight excluding hydrogens is 206 g/mol. The first kappa shape index (κ1) is 15.1. The van der Waals surface area contributed by atoms with Crippen LogP contribution in [0.4, 0.5) is 0 Å². The molecule has 0 heterocycles. The molecule has 0 saturated carbocycles. The molecule has 2 N–H and O–H groups in total. The van der Waals surface area contributed by atoms with Crippen LogP contribution in [0.25, 0.3) is 0 Å². The van der Waals surface area contributed by atoms with E-state index in [9.17, 15) is 9.59 Å². The molecule has 0 aromatic carbocycles. The van der Waals surface area contributed by atoms with E-state index in [1.54, 1.807) is 41.7 Å². The number of hydrogen-bond acceptors (Lipinski definition) is 3. The highest BCUT2D eigenvalue weighted by Crippen LogP contribution is 2.28. The Hall–Kier alpha value is -0.900. The molecule has 4 heteroatoms. The first-order valence-electron chi connectivity index (χ1n) is 5.51. The van der Waals surface area contributed by atoms with Gasteiger partial charge in [-0.1, -0.05) is 6.92 Å². The second kappa shape index (κ2) is 4.95. The van der Waals surface area contributed by atoms with Crippen LogP contribution in [0, 0.1) is 11.3 Å². The Morgan fingerprint density at radius 2 is 1.69 bits per heavy atom. The summed E-state index contributed by atoms with van der Waals surface area (Å²) in [5.74, 6) is -1.09. The van der Waals surface area contributed by atoms with Gasteiger partial charge in [-0.3, -0.25) is 9.59 Å². The fourth-order valence-electron chi connectivity index (χ4n) is 1.68. The van der Waals surface area contributed by atoms with Gasteiger partial charge in [-0.15, -0.1) is 0 Å². The molecule has 4 nitrogen and oxygen atoms in total. The largest absolute Gasteiger partial charge is 0.481 e. The van der Waals surface area contributed by atoms with Crippen molar-refractivity contribution >= 4 is 11.8 Å². The highest BCUT2D eigenvalue weighted by atomic mass is 16.4. The van der Waals surface area contributed by atoms with Gasteiger partial charge >= 0.3 is 5.97 Å². The summed E-state index contributed by atoms with van der Waals surface area (Å²) in [6, 6.07) is 0. The van der Waals surface area contributed by atoms with Crippen LogP contribution in [0.1, 0.15) is 41.0 Å². The van der Waals surface area contributed by atoms with Crippen LogP contribution in [0.15, 0.2) is 0 Å². The van der Waals surface area contributed by atoms with Crippen LogP contribution in [0.3, 0.4) is 0 Å². The van der Waals surface area contributed by atoms with Crippen molar-refractivity contribution in [2.75, 3.05) is 7.05 Å². The summed E-state index contributed by atoms with van der Waals surface area (Å²) in [6.45, 7) is 8.68. The molecule has 0 fully saturated rings. The van der Waals surface area contributed by atoms with Gasteiger partial charge in [0.1, 0.15) is 0 Å². The average Bonchev–Trinajstić information content (AvgIpc) is 2.15. The minimum absolute atomic E-state index is 0.0457. The van der Waals surface area contributed by atoms with Gasteiger partial charge in [0.15, 0.2) is 5.78 Å². The van der Waals surface area contributed by atoms with E-state index in [0.717, 1.165) is 0 Å². The average molecular weight is 229 g/mol. The Labute approximate surface area is 97.4 Å². The van der Waals surface area contributed by atoms with E-state index in [0.29, 0.717) is 6.42 Å². The third-order valence-corrected chi connectivity index (χ3v) is 3.08. The van der Waals surface area contributed by atoms with Gasteiger partial charge < -0.3 is 10.4 Å². The van der Waals surface area contributed by atoms with Crippen molar-refractivity contribution in [2.45, 2.75) is 46.6 Å². The zero-order chi connectivity index (χ0) is 13.1. The third kappa shape index (κ3) is 3.59. The molecule has 0 radical (unpaired) electrons. The van der Waals surface area contributed by atoms with Gasteiger partial charge in [0.05, 0.1) is 11.0 Å². The molecule has 0 bridgehead atoms. The molecule has 0 aliphatic rings. The number of Topliss-reactive ketones (excluding diaryl/α,β-unsaturated/α-hetero) is 1. The zero-order valence-electron chi connectivity index (χ0n) is 11.0. The Morgan fingerprint density at radius 1 is 1.25 bits per heavy atom. The summed E-state index contributed by atoms with van der Waals surface area (Å²) < 4.78 is 0. The van der Waals surface area contributed by atoms with Crippen LogP contribution in [-0.2, 0) is 9.59 Å². The van der Waals surface area contributed by atoms with Crippen LogP contribution < -0.4 is 5.32 Å². The molecule has 0 aliphatic carbocycles. The van der Waals surface area contributed by atoms with Gasteiger partial charge in [0.2, 0.25) is 0 Å². The lowest BCUT2D eigenvalue weighted by atomic mass is 9.78. The lowest BCUT2D eigenvalue weighted by Gasteiger charge is -2.29. The molecule has 16 heavy (non-hydrogen) atoms. The zero-order valence-corrected chi connectivity index (χ0v) is 11.0. The van der Waals surface area contributed by atoms with Crippen molar-refractivity contribution in [1.82, 2.24) is 5.32 Å². The van der Waals surface area contributed by atoms with E-state index < -0.39 is 16.9 Å². The minimum atomic E-state index is -0.866. The van der Waals surface area contributed by atoms with E-state index in [4.69, 9.17) is 5.11 Å². The molecule has 0 spiro atoms. The number of carboxylic acids is 1. The molecule has 1 atom stereocenters. The molecule has 0 saturated heterocycles. The van der Waals surface area contributed by atoms with E-state index in [1.807, 2.05) is 0 Å². The van der Waals surface area contributed by atoms with Crippen LogP contribution in [0.2, 0.25) is 0 Å². The van der Waals surface area contributed by atoms with E-state index >= 15 is 0 Å². The predicted octanol–water partition coefficient (Wildman–Crippen LogP) is 1.69.